The van der Waals surface area contributed by atoms with E-state index in [-0.39, 0.29) is 11.8 Å². The van der Waals surface area contributed by atoms with E-state index in [2.05, 4.69) is 14.7 Å². The van der Waals surface area contributed by atoms with Crippen molar-refractivity contribution in [2.45, 2.75) is 19.8 Å². The molecule has 1 aliphatic heterocycles. The lowest BCUT2D eigenvalue weighted by atomic mass is 9.99. The van der Waals surface area contributed by atoms with Gasteiger partial charge in [0.2, 0.25) is 11.8 Å². The normalized spacial score (nSPS) is 16.1. The Morgan fingerprint density at radius 3 is 2.52 bits per heavy atom. The molecule has 1 aliphatic rings. The predicted octanol–water partition coefficient (Wildman–Crippen LogP) is 3.24. The first-order valence-corrected chi connectivity index (χ1v) is 14.2. The molecule has 3 aromatic heterocycles. The number of likely N-dealkylation sites (tertiary alicyclic amines) is 1. The molecule has 1 N–H and O–H groups in total. The van der Waals surface area contributed by atoms with E-state index in [0.29, 0.717) is 77.0 Å². The predicted molar refractivity (Wildman–Crippen MR) is 151 cm³/mol. The number of imidazole rings is 1. The van der Waals surface area contributed by atoms with Crippen LogP contribution in [-0.4, -0.2) is 79.7 Å². The number of nitrogens with one attached hydrogen (secondary N) is 1. The average molecular weight is 566 g/mol. The zero-order valence-electron chi connectivity index (χ0n) is 22.8. The first kappa shape index (κ1) is 27.3. The Labute approximate surface area is 234 Å². The van der Waals surface area contributed by atoms with Gasteiger partial charge in [-0.3, -0.25) is 14.1 Å². The van der Waals surface area contributed by atoms with E-state index in [0.717, 1.165) is 6.42 Å². The van der Waals surface area contributed by atoms with Crippen LogP contribution in [0.4, 0.5) is 5.82 Å². The second-order valence-corrected chi connectivity index (χ2v) is 10.5. The monoisotopic (exact) mass is 565 g/mol. The molecule has 0 bridgehead atoms. The third kappa shape index (κ3) is 5.55. The molecule has 1 aromatic carbocycles. The summed E-state index contributed by atoms with van der Waals surface area (Å²) in [5.74, 6) is 2.69. The lowest BCUT2D eigenvalue weighted by molar-refractivity contribution is -0.133. The van der Waals surface area contributed by atoms with Gasteiger partial charge in [0.05, 0.1) is 27.0 Å². The number of rotatable bonds is 10. The highest BCUT2D eigenvalue weighted by atomic mass is 32.2. The number of pyridine rings is 1. The van der Waals surface area contributed by atoms with E-state index in [4.69, 9.17) is 24.2 Å². The number of benzene rings is 1. The van der Waals surface area contributed by atoms with Crippen molar-refractivity contribution in [3.63, 3.8) is 0 Å². The first-order chi connectivity index (χ1) is 19.4. The minimum absolute atomic E-state index is 0.0346. The van der Waals surface area contributed by atoms with Crippen LogP contribution >= 0.6 is 0 Å². The molecule has 0 saturated carbocycles. The number of methoxy groups -OCH3 is 2. The molecule has 5 rings (SSSR count). The summed E-state index contributed by atoms with van der Waals surface area (Å²) in [6.45, 7) is 3.02. The van der Waals surface area contributed by atoms with Gasteiger partial charge in [-0.1, -0.05) is 12.1 Å². The van der Waals surface area contributed by atoms with Gasteiger partial charge < -0.3 is 19.1 Å². The molecule has 1 amide bonds. The van der Waals surface area contributed by atoms with E-state index in [1.54, 1.807) is 36.8 Å². The van der Waals surface area contributed by atoms with Crippen LogP contribution in [0.5, 0.6) is 17.4 Å². The fourth-order valence-corrected chi connectivity index (χ4v) is 5.75. The number of carbonyl (C=O) groups excluding carboxylic acids is 1. The lowest BCUT2D eigenvalue weighted by Gasteiger charge is -2.28. The van der Waals surface area contributed by atoms with E-state index in [1.165, 1.54) is 6.20 Å². The Morgan fingerprint density at radius 1 is 1.07 bits per heavy atom. The molecule has 1 saturated heterocycles. The maximum Gasteiger partial charge on any atom is 0.222 e. The van der Waals surface area contributed by atoms with Crippen molar-refractivity contribution in [2.24, 2.45) is 5.92 Å². The number of aromatic nitrogens is 5. The molecule has 0 spiro atoms. The Bertz CT molecular complexity index is 1540. The fourth-order valence-electron chi connectivity index (χ4n) is 4.63. The second kappa shape index (κ2) is 11.9. The molecule has 1 fully saturated rings. The number of piperidine rings is 1. The summed E-state index contributed by atoms with van der Waals surface area (Å²) < 4.78 is 34.7. The number of carbonyl (C=O) groups is 1. The molecule has 4 aromatic rings. The van der Waals surface area contributed by atoms with Gasteiger partial charge in [-0.2, -0.15) is 0 Å². The van der Waals surface area contributed by atoms with Gasteiger partial charge in [-0.05, 0) is 37.5 Å². The van der Waals surface area contributed by atoms with Gasteiger partial charge >= 0.3 is 0 Å². The van der Waals surface area contributed by atoms with Crippen molar-refractivity contribution in [3.8, 4) is 34.6 Å². The fraction of sp³-hybridized carbons (Fsp3) is 0.370. The zero-order valence-corrected chi connectivity index (χ0v) is 23.6. The highest BCUT2D eigenvalue weighted by Crippen LogP contribution is 2.38. The lowest BCUT2D eigenvalue weighted by Crippen LogP contribution is -2.37. The van der Waals surface area contributed by atoms with Crippen LogP contribution in [0, 0.1) is 5.92 Å². The van der Waals surface area contributed by atoms with Crippen LogP contribution in [-0.2, 0) is 15.8 Å². The number of fused-ring (bicyclic) bond motifs is 1. The molecule has 0 aliphatic carbocycles. The topological polar surface area (TPSA) is 134 Å². The van der Waals surface area contributed by atoms with Crippen LogP contribution in [0.25, 0.3) is 28.5 Å². The average Bonchev–Trinajstić information content (AvgIpc) is 3.33. The Morgan fingerprint density at radius 2 is 1.82 bits per heavy atom. The highest BCUT2D eigenvalue weighted by molar-refractivity contribution is 7.86. The molecular weight excluding hydrogens is 534 g/mol. The summed E-state index contributed by atoms with van der Waals surface area (Å²) >= 11 is 0. The maximum absolute atomic E-state index is 13.0. The molecule has 4 heterocycles. The smallest absolute Gasteiger partial charge is 0.222 e. The van der Waals surface area contributed by atoms with E-state index >= 15 is 0 Å². The van der Waals surface area contributed by atoms with Crippen molar-refractivity contribution in [1.82, 2.24) is 29.4 Å². The van der Waals surface area contributed by atoms with Gasteiger partial charge in [0.1, 0.15) is 33.9 Å². The number of amides is 1. The van der Waals surface area contributed by atoms with Gasteiger partial charge in [0.25, 0.3) is 0 Å². The summed E-state index contributed by atoms with van der Waals surface area (Å²) in [7, 11) is 3.46. The van der Waals surface area contributed by atoms with E-state index < -0.39 is 11.0 Å². The van der Waals surface area contributed by atoms with Crippen molar-refractivity contribution >= 4 is 34.0 Å². The molecule has 210 valence electrons. The number of nitrogens with zero attached hydrogens (tertiary/aromatic N) is 6. The third-order valence-corrected chi connectivity index (χ3v) is 7.82. The van der Waals surface area contributed by atoms with Crippen molar-refractivity contribution < 1.29 is 23.2 Å². The van der Waals surface area contributed by atoms with Crippen LogP contribution < -0.4 is 18.9 Å². The van der Waals surface area contributed by atoms with E-state index in [9.17, 15) is 9.00 Å². The molecular formula is C27H31N7O5S. The number of anilines is 1. The quantitative estimate of drug-likeness (QED) is 0.308. The standard InChI is InChI=1S/C27H31N7O5S/c1-5-39-22-11-6-8-18(29-22)26-31-25-27(34(26)24-19(37-3)9-7-10-20(24)38-4)30-21(15-28-25)32-40(36)16-17-12-13-33(2)23(35)14-17/h6-11,15,17H,5,12-14,16H2,1-4H3,(H,30,32). The Hall–Kier alpha value is -4.26. The molecule has 2 atom stereocenters. The van der Waals surface area contributed by atoms with Crippen LogP contribution in [0.3, 0.4) is 0 Å². The summed E-state index contributed by atoms with van der Waals surface area (Å²) in [4.78, 5) is 32.4. The van der Waals surface area contributed by atoms with Crippen molar-refractivity contribution in [3.05, 3.63) is 42.6 Å². The Balaban J connectivity index is 1.58. The summed E-state index contributed by atoms with van der Waals surface area (Å²) in [5, 5.41) is 0. The SMILES string of the molecule is CCOc1cccc(-c2nc3ncc(NS(=O)CC4CCN(C)C(=O)C4)nc3n2-c2c(OC)cccc2OC)n1. The van der Waals surface area contributed by atoms with Crippen molar-refractivity contribution in [2.75, 3.05) is 44.9 Å². The van der Waals surface area contributed by atoms with Crippen LogP contribution in [0.15, 0.2) is 42.6 Å². The number of hydrogen-bond acceptors (Lipinski definition) is 9. The number of para-hydroxylation sites is 1. The minimum Gasteiger partial charge on any atom is -0.494 e. The summed E-state index contributed by atoms with van der Waals surface area (Å²) in [6, 6.07) is 10.9. The number of ether oxygens (including phenoxy) is 3. The van der Waals surface area contributed by atoms with Crippen molar-refractivity contribution in [1.29, 1.82) is 0 Å². The van der Waals surface area contributed by atoms with Gasteiger partial charge in [-0.15, -0.1) is 0 Å². The Kier molecular flexibility index (Phi) is 8.10. The molecule has 13 heteroatoms. The third-order valence-electron chi connectivity index (χ3n) is 6.61. The second-order valence-electron chi connectivity index (χ2n) is 9.27. The molecule has 12 nitrogen and oxygen atoms in total. The largest absolute Gasteiger partial charge is 0.494 e. The van der Waals surface area contributed by atoms with Gasteiger partial charge in [-0.25, -0.2) is 24.1 Å². The minimum atomic E-state index is -1.47. The first-order valence-electron chi connectivity index (χ1n) is 12.9. The zero-order chi connectivity index (χ0) is 28.2. The summed E-state index contributed by atoms with van der Waals surface area (Å²) in [5.41, 5.74) is 1.83. The number of hydrogen-bond donors (Lipinski definition) is 1. The molecule has 40 heavy (non-hydrogen) atoms. The highest BCUT2D eigenvalue weighted by Gasteiger charge is 2.26. The van der Waals surface area contributed by atoms with Crippen LogP contribution in [0.1, 0.15) is 19.8 Å². The van der Waals surface area contributed by atoms with Gasteiger partial charge in [0.15, 0.2) is 22.9 Å². The van der Waals surface area contributed by atoms with E-state index in [1.807, 2.05) is 37.3 Å². The maximum atomic E-state index is 13.0. The van der Waals surface area contributed by atoms with Gasteiger partial charge in [0, 0.05) is 31.8 Å². The molecule has 2 unspecified atom stereocenters. The van der Waals surface area contributed by atoms with Crippen LogP contribution in [0.2, 0.25) is 0 Å². The summed E-state index contributed by atoms with van der Waals surface area (Å²) in [6.07, 6.45) is 2.68. The molecule has 0 radical (unpaired) electrons.